The molecule has 31 heavy (non-hydrogen) atoms. The Bertz CT molecular complexity index is 1080. The normalized spacial score (nSPS) is 11.6. The molecule has 0 aliphatic rings. The lowest BCUT2D eigenvalue weighted by molar-refractivity contribution is -0.141. The van der Waals surface area contributed by atoms with Gasteiger partial charge in [0.05, 0.1) is 23.0 Å². The van der Waals surface area contributed by atoms with Gasteiger partial charge >= 0.3 is 12.1 Å². The number of hydrogen-bond donors (Lipinski definition) is 0. The third-order valence-electron chi connectivity index (χ3n) is 4.12. The van der Waals surface area contributed by atoms with Crippen molar-refractivity contribution in [3.8, 4) is 11.4 Å². The van der Waals surface area contributed by atoms with E-state index in [1.165, 1.54) is 6.08 Å². The minimum atomic E-state index is -4.60. The monoisotopic (exact) mass is 450 g/mol. The summed E-state index contributed by atoms with van der Waals surface area (Å²) in [5.74, 6) is -0.00937. The molecule has 0 aliphatic carbocycles. The number of rotatable bonds is 7. The third kappa shape index (κ3) is 5.88. The van der Waals surface area contributed by atoms with Crippen molar-refractivity contribution >= 4 is 23.6 Å². The molecule has 0 spiro atoms. The first-order valence-corrected chi connectivity index (χ1v) is 9.64. The zero-order chi connectivity index (χ0) is 22.4. The molecule has 0 fully saturated rings. The predicted molar refractivity (Wildman–Crippen MR) is 110 cm³/mol. The molecule has 9 heteroatoms. The van der Waals surface area contributed by atoms with Crippen LogP contribution in [-0.4, -0.2) is 22.4 Å². The standard InChI is InChI=1S/C22H18ClF3N2O3/c1-2-30-21(29)12-9-15-7-10-17(11-8-15)31-14-16-13-20(22(24,25)26)27-28(16)19-6-4-3-5-18(19)23/h3-13H,2,14H2,1H3. The van der Waals surface area contributed by atoms with E-state index in [-0.39, 0.29) is 23.9 Å². The summed E-state index contributed by atoms with van der Waals surface area (Å²) in [5, 5.41) is 3.93. The van der Waals surface area contributed by atoms with Crippen LogP contribution >= 0.6 is 11.6 Å². The first-order chi connectivity index (χ1) is 14.8. The van der Waals surface area contributed by atoms with Crippen LogP contribution < -0.4 is 4.74 Å². The number of carbonyl (C=O) groups is 1. The van der Waals surface area contributed by atoms with Gasteiger partial charge in [-0.3, -0.25) is 0 Å². The second-order valence-electron chi connectivity index (χ2n) is 6.32. The molecule has 0 saturated carbocycles. The Morgan fingerprint density at radius 3 is 2.52 bits per heavy atom. The van der Waals surface area contributed by atoms with Gasteiger partial charge in [0.15, 0.2) is 5.69 Å². The highest BCUT2D eigenvalue weighted by molar-refractivity contribution is 6.32. The smallest absolute Gasteiger partial charge is 0.435 e. The maximum absolute atomic E-state index is 13.2. The van der Waals surface area contributed by atoms with Crippen molar-refractivity contribution in [1.29, 1.82) is 0 Å². The van der Waals surface area contributed by atoms with E-state index in [1.54, 1.807) is 61.5 Å². The summed E-state index contributed by atoms with van der Waals surface area (Å²) < 4.78 is 51.2. The summed E-state index contributed by atoms with van der Waals surface area (Å²) in [6.07, 6.45) is -1.71. The fraction of sp³-hybridized carbons (Fsp3) is 0.182. The highest BCUT2D eigenvalue weighted by Gasteiger charge is 2.35. The van der Waals surface area contributed by atoms with Gasteiger partial charge < -0.3 is 9.47 Å². The molecule has 162 valence electrons. The molecule has 1 aromatic heterocycles. The van der Waals surface area contributed by atoms with E-state index in [0.29, 0.717) is 11.4 Å². The molecule has 3 aromatic rings. The number of benzene rings is 2. The van der Waals surface area contributed by atoms with Crippen LogP contribution in [0.15, 0.2) is 60.7 Å². The maximum Gasteiger partial charge on any atom is 0.435 e. The Hall–Kier alpha value is -3.26. The first kappa shape index (κ1) is 22.4. The van der Waals surface area contributed by atoms with Crippen molar-refractivity contribution in [2.24, 2.45) is 0 Å². The molecule has 0 aliphatic heterocycles. The number of nitrogens with zero attached hydrogens (tertiary/aromatic N) is 2. The molecular formula is C22H18ClF3N2O3. The average Bonchev–Trinajstić information content (AvgIpc) is 3.17. The van der Waals surface area contributed by atoms with Gasteiger partial charge in [-0.25, -0.2) is 9.48 Å². The Kier molecular flexibility index (Phi) is 7.02. The van der Waals surface area contributed by atoms with Crippen LogP contribution in [0.3, 0.4) is 0 Å². The quantitative estimate of drug-likeness (QED) is 0.342. The van der Waals surface area contributed by atoms with Gasteiger partial charge in [-0.2, -0.15) is 18.3 Å². The second-order valence-corrected chi connectivity index (χ2v) is 6.73. The number of para-hydroxylation sites is 1. The topological polar surface area (TPSA) is 53.4 Å². The molecule has 0 atom stereocenters. The van der Waals surface area contributed by atoms with Gasteiger partial charge in [-0.05, 0) is 48.9 Å². The SMILES string of the molecule is CCOC(=O)C=Cc1ccc(OCc2cc(C(F)(F)F)nn2-c2ccccc2Cl)cc1. The lowest BCUT2D eigenvalue weighted by Crippen LogP contribution is -2.08. The summed E-state index contributed by atoms with van der Waals surface area (Å²) in [6.45, 7) is 1.84. The van der Waals surface area contributed by atoms with E-state index in [1.807, 2.05) is 0 Å². The van der Waals surface area contributed by atoms with E-state index in [9.17, 15) is 18.0 Å². The summed E-state index contributed by atoms with van der Waals surface area (Å²) in [4.78, 5) is 11.4. The third-order valence-corrected chi connectivity index (χ3v) is 4.44. The molecule has 5 nitrogen and oxygen atoms in total. The lowest BCUT2D eigenvalue weighted by Gasteiger charge is -2.10. The van der Waals surface area contributed by atoms with Gasteiger partial charge in [0.1, 0.15) is 12.4 Å². The second kappa shape index (κ2) is 9.70. The van der Waals surface area contributed by atoms with Gasteiger partial charge in [0.25, 0.3) is 0 Å². The summed E-state index contributed by atoms with van der Waals surface area (Å²) in [6, 6.07) is 14.1. The van der Waals surface area contributed by atoms with E-state index in [4.69, 9.17) is 21.1 Å². The molecule has 3 rings (SSSR count). The van der Waals surface area contributed by atoms with Crippen molar-refractivity contribution < 1.29 is 27.4 Å². The van der Waals surface area contributed by atoms with Crippen LogP contribution in [0.1, 0.15) is 23.9 Å². The van der Waals surface area contributed by atoms with Gasteiger partial charge in [-0.1, -0.05) is 35.9 Å². The molecule has 0 saturated heterocycles. The molecule has 0 unspecified atom stereocenters. The van der Waals surface area contributed by atoms with Crippen molar-refractivity contribution in [1.82, 2.24) is 9.78 Å². The van der Waals surface area contributed by atoms with E-state index in [2.05, 4.69) is 5.10 Å². The zero-order valence-electron chi connectivity index (χ0n) is 16.4. The highest BCUT2D eigenvalue weighted by atomic mass is 35.5. The lowest BCUT2D eigenvalue weighted by atomic mass is 10.2. The highest BCUT2D eigenvalue weighted by Crippen LogP contribution is 2.31. The van der Waals surface area contributed by atoms with Crippen LogP contribution in [0.25, 0.3) is 11.8 Å². The minimum absolute atomic E-state index is 0.160. The van der Waals surface area contributed by atoms with Crippen LogP contribution in [0.2, 0.25) is 5.02 Å². The van der Waals surface area contributed by atoms with Gasteiger partial charge in [-0.15, -0.1) is 0 Å². The zero-order valence-corrected chi connectivity index (χ0v) is 17.2. The van der Waals surface area contributed by atoms with Crippen LogP contribution in [0.5, 0.6) is 5.75 Å². The summed E-state index contributed by atoms with van der Waals surface area (Å²) >= 11 is 6.14. The van der Waals surface area contributed by atoms with Crippen molar-refractivity contribution in [3.63, 3.8) is 0 Å². The maximum atomic E-state index is 13.2. The molecule has 2 aromatic carbocycles. The Morgan fingerprint density at radius 2 is 1.87 bits per heavy atom. The number of aromatic nitrogens is 2. The summed E-state index contributed by atoms with van der Waals surface area (Å²) in [7, 11) is 0. The fourth-order valence-corrected chi connectivity index (χ4v) is 2.90. The van der Waals surface area contributed by atoms with Crippen LogP contribution in [0.4, 0.5) is 13.2 Å². The van der Waals surface area contributed by atoms with Crippen molar-refractivity contribution in [2.45, 2.75) is 19.7 Å². The van der Waals surface area contributed by atoms with Crippen molar-refractivity contribution in [2.75, 3.05) is 6.61 Å². The molecule has 0 N–H and O–H groups in total. The largest absolute Gasteiger partial charge is 0.487 e. The average molecular weight is 451 g/mol. The van der Waals surface area contributed by atoms with Gasteiger partial charge in [0.2, 0.25) is 0 Å². The Morgan fingerprint density at radius 1 is 1.16 bits per heavy atom. The Balaban J connectivity index is 1.77. The Labute approximate surface area is 181 Å². The summed E-state index contributed by atoms with van der Waals surface area (Å²) in [5.41, 5.74) is 0.204. The number of carbonyl (C=O) groups excluding carboxylic acids is 1. The number of hydrogen-bond acceptors (Lipinski definition) is 4. The molecule has 0 amide bonds. The number of ether oxygens (including phenoxy) is 2. The van der Waals surface area contributed by atoms with Crippen LogP contribution in [-0.2, 0) is 22.3 Å². The minimum Gasteiger partial charge on any atom is -0.487 e. The van der Waals surface area contributed by atoms with Gasteiger partial charge in [0, 0.05) is 6.08 Å². The fourth-order valence-electron chi connectivity index (χ4n) is 2.68. The number of esters is 1. The molecule has 0 radical (unpaired) electrons. The van der Waals surface area contributed by atoms with Crippen LogP contribution in [0, 0.1) is 0 Å². The first-order valence-electron chi connectivity index (χ1n) is 9.26. The molecule has 1 heterocycles. The molecular weight excluding hydrogens is 433 g/mol. The van der Waals surface area contributed by atoms with E-state index in [0.717, 1.165) is 16.3 Å². The van der Waals surface area contributed by atoms with Crippen molar-refractivity contribution in [3.05, 3.63) is 82.6 Å². The molecule has 0 bridgehead atoms. The number of alkyl halides is 3. The predicted octanol–water partition coefficient (Wildman–Crippen LogP) is 5.70. The van der Waals surface area contributed by atoms with E-state index < -0.39 is 17.8 Å². The van der Waals surface area contributed by atoms with E-state index >= 15 is 0 Å². The number of halogens is 4.